The van der Waals surface area contributed by atoms with Crippen LogP contribution in [0.2, 0.25) is 0 Å². The fourth-order valence-electron chi connectivity index (χ4n) is 6.11. The number of hydrogen-bond donors (Lipinski definition) is 0. The van der Waals surface area contributed by atoms with E-state index in [-0.39, 0.29) is 12.3 Å². The number of nitrogens with zero attached hydrogens (tertiary/aromatic N) is 3. The van der Waals surface area contributed by atoms with Crippen LogP contribution in [0.4, 0.5) is 5.69 Å². The molecule has 5 rings (SSSR count). The lowest BCUT2D eigenvalue weighted by atomic mass is 9.99. The predicted molar refractivity (Wildman–Crippen MR) is 213 cm³/mol. The Bertz CT molecular complexity index is 2020. The smallest absolute Gasteiger partial charge is 0.336 e. The van der Waals surface area contributed by atoms with Crippen molar-refractivity contribution in [3.63, 3.8) is 0 Å². The van der Waals surface area contributed by atoms with Gasteiger partial charge in [-0.25, -0.2) is 4.85 Å². The third-order valence-electron chi connectivity index (χ3n) is 9.23. The SMILES string of the molecule is [C-]#[N+]/C(=C\c1ccc2cc(-c3ccc(N(C)CCCCCC)cc3)ccc2c1)C(=O)OCCCCCCOc1ccc(-c2ccc(C#N)cc2)cc1. The molecule has 0 saturated heterocycles. The van der Waals surface area contributed by atoms with Crippen molar-refractivity contribution >= 4 is 28.5 Å². The highest BCUT2D eigenvalue weighted by Crippen LogP contribution is 2.28. The predicted octanol–water partition coefficient (Wildman–Crippen LogP) is 11.5. The van der Waals surface area contributed by atoms with Crippen LogP contribution in [-0.2, 0) is 9.53 Å². The van der Waals surface area contributed by atoms with Crippen molar-refractivity contribution in [2.24, 2.45) is 0 Å². The highest BCUT2D eigenvalue weighted by Gasteiger charge is 2.12. The number of esters is 1. The van der Waals surface area contributed by atoms with E-state index in [2.05, 4.69) is 72.3 Å². The summed E-state index contributed by atoms with van der Waals surface area (Å²) in [4.78, 5) is 18.5. The Morgan fingerprint density at radius 1 is 0.731 bits per heavy atom. The molecule has 5 aromatic rings. The largest absolute Gasteiger partial charge is 0.494 e. The zero-order valence-electron chi connectivity index (χ0n) is 30.3. The van der Waals surface area contributed by atoms with Gasteiger partial charge in [-0.2, -0.15) is 5.26 Å². The lowest BCUT2D eigenvalue weighted by Gasteiger charge is -2.19. The quantitative estimate of drug-likeness (QED) is 0.0396. The Morgan fingerprint density at radius 2 is 1.33 bits per heavy atom. The number of carbonyl (C=O) groups is 1. The number of nitriles is 1. The van der Waals surface area contributed by atoms with E-state index in [1.165, 1.54) is 36.9 Å². The summed E-state index contributed by atoms with van der Waals surface area (Å²) in [5, 5.41) is 11.1. The molecule has 6 heteroatoms. The normalized spacial score (nSPS) is 11.1. The highest BCUT2D eigenvalue weighted by atomic mass is 16.5. The summed E-state index contributed by atoms with van der Waals surface area (Å²) in [5.74, 6) is 0.228. The van der Waals surface area contributed by atoms with Crippen LogP contribution < -0.4 is 9.64 Å². The molecule has 0 spiro atoms. The molecule has 52 heavy (non-hydrogen) atoms. The maximum atomic E-state index is 12.7. The lowest BCUT2D eigenvalue weighted by molar-refractivity contribution is -0.138. The van der Waals surface area contributed by atoms with Crippen LogP contribution in [0.25, 0.3) is 43.9 Å². The molecule has 0 aliphatic heterocycles. The summed E-state index contributed by atoms with van der Waals surface area (Å²) in [6.07, 6.45) is 10.1. The van der Waals surface area contributed by atoms with Crippen LogP contribution in [0.5, 0.6) is 5.75 Å². The second-order valence-corrected chi connectivity index (χ2v) is 13.1. The Labute approximate surface area is 308 Å². The van der Waals surface area contributed by atoms with Gasteiger partial charge in [-0.15, -0.1) is 0 Å². The molecule has 0 unspecified atom stereocenters. The summed E-state index contributed by atoms with van der Waals surface area (Å²) in [5.41, 5.74) is 7.09. The second kappa shape index (κ2) is 19.5. The van der Waals surface area contributed by atoms with Crippen LogP contribution >= 0.6 is 0 Å². The summed E-state index contributed by atoms with van der Waals surface area (Å²) in [6.45, 7) is 11.8. The van der Waals surface area contributed by atoms with E-state index in [0.717, 1.165) is 71.0 Å². The minimum absolute atomic E-state index is 0.0232. The first-order valence-corrected chi connectivity index (χ1v) is 18.3. The van der Waals surface area contributed by atoms with E-state index >= 15 is 0 Å². The number of unbranched alkanes of at least 4 members (excludes halogenated alkanes) is 6. The number of rotatable bonds is 18. The van der Waals surface area contributed by atoms with E-state index in [1.54, 1.807) is 6.08 Å². The van der Waals surface area contributed by atoms with Crippen molar-refractivity contribution in [2.45, 2.75) is 58.3 Å². The molecule has 0 heterocycles. The first kappa shape index (κ1) is 37.4. The van der Waals surface area contributed by atoms with Crippen LogP contribution in [0.3, 0.4) is 0 Å². The van der Waals surface area contributed by atoms with Gasteiger partial charge in [-0.3, -0.25) is 4.79 Å². The molecule has 0 amide bonds. The topological polar surface area (TPSA) is 66.9 Å². The van der Waals surface area contributed by atoms with Crippen molar-refractivity contribution in [1.29, 1.82) is 5.26 Å². The van der Waals surface area contributed by atoms with Gasteiger partial charge in [0, 0.05) is 19.3 Å². The Hall–Kier alpha value is -5.85. The summed E-state index contributed by atoms with van der Waals surface area (Å²) < 4.78 is 11.3. The molecule has 0 aromatic heterocycles. The number of ether oxygens (including phenoxy) is 2. The van der Waals surface area contributed by atoms with Gasteiger partial charge in [0.2, 0.25) is 0 Å². The van der Waals surface area contributed by atoms with Gasteiger partial charge in [0.1, 0.15) is 5.75 Å². The first-order valence-electron chi connectivity index (χ1n) is 18.3. The molecule has 0 bridgehead atoms. The molecule has 0 saturated carbocycles. The van der Waals surface area contributed by atoms with Gasteiger partial charge >= 0.3 is 5.97 Å². The van der Waals surface area contributed by atoms with Crippen LogP contribution in [0, 0.1) is 17.9 Å². The van der Waals surface area contributed by atoms with Crippen molar-refractivity contribution < 1.29 is 14.3 Å². The van der Waals surface area contributed by atoms with Crippen molar-refractivity contribution in [3.05, 3.63) is 137 Å². The van der Waals surface area contributed by atoms with E-state index in [9.17, 15) is 4.79 Å². The van der Waals surface area contributed by atoms with Crippen molar-refractivity contribution in [2.75, 3.05) is 31.7 Å². The molecule has 0 fully saturated rings. The average molecular weight is 690 g/mol. The van der Waals surface area contributed by atoms with Gasteiger partial charge in [-0.1, -0.05) is 86.8 Å². The second-order valence-electron chi connectivity index (χ2n) is 13.1. The number of fused-ring (bicyclic) bond motifs is 1. The number of hydrogen-bond acceptors (Lipinski definition) is 5. The molecular weight excluding hydrogens is 643 g/mol. The van der Waals surface area contributed by atoms with Crippen molar-refractivity contribution in [3.8, 4) is 34.1 Å². The maximum absolute atomic E-state index is 12.7. The molecule has 6 nitrogen and oxygen atoms in total. The molecule has 0 atom stereocenters. The fraction of sp³-hybridized carbons (Fsp3) is 0.283. The van der Waals surface area contributed by atoms with Gasteiger partial charge in [0.25, 0.3) is 5.70 Å². The summed E-state index contributed by atoms with van der Waals surface area (Å²) >= 11 is 0. The van der Waals surface area contributed by atoms with E-state index < -0.39 is 5.97 Å². The summed E-state index contributed by atoms with van der Waals surface area (Å²) in [6, 6.07) is 38.7. The van der Waals surface area contributed by atoms with Gasteiger partial charge < -0.3 is 14.4 Å². The Balaban J connectivity index is 1.03. The zero-order chi connectivity index (χ0) is 36.5. The van der Waals surface area contributed by atoms with Crippen LogP contribution in [0.15, 0.2) is 115 Å². The number of carbonyl (C=O) groups excluding carboxylic acids is 1. The Morgan fingerprint density at radius 3 is 2.02 bits per heavy atom. The standard InChI is InChI=1S/C46H47N3O3/c1-4-5-6-9-28-49(3)43-24-20-39(21-25-43)41-19-18-40-31-36(14-17-42(40)33-41)32-45(48-2)46(50)52-30-11-8-7-10-29-51-44-26-22-38(23-27-44)37-15-12-35(34-47)13-16-37/h12-27,31-33H,4-11,28-30H2,1,3H3/b45-32-. The minimum Gasteiger partial charge on any atom is -0.494 e. The molecule has 0 aliphatic carbocycles. The van der Waals surface area contributed by atoms with Gasteiger partial charge in [0.15, 0.2) is 0 Å². The fourth-order valence-corrected chi connectivity index (χ4v) is 6.11. The maximum Gasteiger partial charge on any atom is 0.336 e. The average Bonchev–Trinajstić information content (AvgIpc) is 3.19. The third kappa shape index (κ3) is 10.8. The number of benzene rings is 5. The molecule has 5 aromatic carbocycles. The lowest BCUT2D eigenvalue weighted by Crippen LogP contribution is -2.18. The highest BCUT2D eigenvalue weighted by molar-refractivity contribution is 5.97. The van der Waals surface area contributed by atoms with Crippen LogP contribution in [-0.4, -0.2) is 32.8 Å². The minimum atomic E-state index is -0.590. The van der Waals surface area contributed by atoms with E-state index in [0.29, 0.717) is 12.2 Å². The van der Waals surface area contributed by atoms with Crippen molar-refractivity contribution in [1.82, 2.24) is 0 Å². The number of anilines is 1. The van der Waals surface area contributed by atoms with Gasteiger partial charge in [0.05, 0.1) is 31.4 Å². The van der Waals surface area contributed by atoms with Crippen LogP contribution in [0.1, 0.15) is 69.4 Å². The molecule has 264 valence electrons. The van der Waals surface area contributed by atoms with E-state index in [1.807, 2.05) is 66.7 Å². The molecule has 0 radical (unpaired) electrons. The molecular formula is C46H47N3O3. The van der Waals surface area contributed by atoms with E-state index in [4.69, 9.17) is 21.3 Å². The monoisotopic (exact) mass is 689 g/mol. The first-order chi connectivity index (χ1) is 25.5. The zero-order valence-corrected chi connectivity index (χ0v) is 30.3. The Kier molecular flexibility index (Phi) is 14.0. The van der Waals surface area contributed by atoms with Gasteiger partial charge in [-0.05, 0) is 125 Å². The third-order valence-corrected chi connectivity index (χ3v) is 9.23. The molecule has 0 aliphatic rings. The summed E-state index contributed by atoms with van der Waals surface area (Å²) in [7, 11) is 2.16. The molecule has 0 N–H and O–H groups in total.